The number of aromatic amines is 1. The van der Waals surface area contributed by atoms with E-state index in [9.17, 15) is 9.59 Å². The Kier molecular flexibility index (Phi) is 4.37. The summed E-state index contributed by atoms with van der Waals surface area (Å²) in [5, 5.41) is 3.02. The molecule has 0 bridgehead atoms. The van der Waals surface area contributed by atoms with Crippen LogP contribution in [0.1, 0.15) is 28.4 Å². The molecule has 6 nitrogen and oxygen atoms in total. The van der Waals surface area contributed by atoms with Crippen molar-refractivity contribution in [2.45, 2.75) is 20.8 Å². The van der Waals surface area contributed by atoms with Gasteiger partial charge in [0.2, 0.25) is 5.95 Å². The molecule has 0 aliphatic carbocycles. The predicted octanol–water partition coefficient (Wildman–Crippen LogP) is 2.31. The zero-order valence-corrected chi connectivity index (χ0v) is 12.2. The molecule has 0 spiro atoms. The van der Waals surface area contributed by atoms with Crippen molar-refractivity contribution in [3.63, 3.8) is 0 Å². The van der Waals surface area contributed by atoms with Crippen molar-refractivity contribution in [2.75, 3.05) is 11.9 Å². The van der Waals surface area contributed by atoms with E-state index in [1.165, 1.54) is 6.20 Å². The number of esters is 1. The number of carbonyl (C=O) groups excluding carboxylic acids is 1. The molecule has 0 saturated heterocycles. The van der Waals surface area contributed by atoms with Crippen molar-refractivity contribution in [3.05, 3.63) is 51.4 Å². The average Bonchev–Trinajstić information content (AvgIpc) is 2.42. The lowest BCUT2D eigenvalue weighted by Crippen LogP contribution is -2.21. The van der Waals surface area contributed by atoms with E-state index >= 15 is 0 Å². The first-order valence-corrected chi connectivity index (χ1v) is 6.62. The zero-order valence-electron chi connectivity index (χ0n) is 12.2. The number of aromatic nitrogens is 2. The lowest BCUT2D eigenvalue weighted by Gasteiger charge is -2.09. The third-order valence-corrected chi connectivity index (χ3v) is 2.93. The van der Waals surface area contributed by atoms with Crippen LogP contribution in [0.2, 0.25) is 0 Å². The number of H-pyrrole nitrogens is 1. The number of hydrogen-bond acceptors (Lipinski definition) is 5. The highest BCUT2D eigenvalue weighted by Gasteiger charge is 2.13. The number of hydrogen-bond donors (Lipinski definition) is 2. The van der Waals surface area contributed by atoms with Gasteiger partial charge < -0.3 is 10.1 Å². The van der Waals surface area contributed by atoms with Gasteiger partial charge in [-0.25, -0.2) is 9.78 Å². The molecule has 2 rings (SSSR count). The molecule has 2 aromatic rings. The Labute approximate surface area is 122 Å². The molecular weight excluding hydrogens is 270 g/mol. The van der Waals surface area contributed by atoms with E-state index in [-0.39, 0.29) is 18.1 Å². The summed E-state index contributed by atoms with van der Waals surface area (Å²) in [5.74, 6) is -0.399. The highest BCUT2D eigenvalue weighted by atomic mass is 16.5. The molecule has 0 aliphatic heterocycles. The van der Waals surface area contributed by atoms with E-state index < -0.39 is 11.5 Å². The van der Waals surface area contributed by atoms with Crippen LogP contribution in [-0.4, -0.2) is 22.5 Å². The van der Waals surface area contributed by atoms with Crippen molar-refractivity contribution < 1.29 is 9.53 Å². The van der Waals surface area contributed by atoms with Crippen LogP contribution in [0.25, 0.3) is 0 Å². The number of rotatable bonds is 4. The van der Waals surface area contributed by atoms with E-state index in [0.717, 1.165) is 16.8 Å². The second-order valence-corrected chi connectivity index (χ2v) is 4.64. The molecule has 0 fully saturated rings. The number of benzene rings is 1. The Morgan fingerprint density at radius 3 is 2.76 bits per heavy atom. The summed E-state index contributed by atoms with van der Waals surface area (Å²) >= 11 is 0. The quantitative estimate of drug-likeness (QED) is 0.843. The minimum absolute atomic E-state index is 0.108. The van der Waals surface area contributed by atoms with Crippen molar-refractivity contribution in [1.29, 1.82) is 0 Å². The molecule has 1 aromatic heterocycles. The highest BCUT2D eigenvalue weighted by Crippen LogP contribution is 2.18. The minimum atomic E-state index is -0.677. The Morgan fingerprint density at radius 2 is 2.14 bits per heavy atom. The second kappa shape index (κ2) is 6.21. The van der Waals surface area contributed by atoms with Crippen LogP contribution in [0.15, 0.2) is 29.2 Å². The zero-order chi connectivity index (χ0) is 15.4. The molecule has 0 amide bonds. The third-order valence-electron chi connectivity index (χ3n) is 2.93. The van der Waals surface area contributed by atoms with E-state index in [4.69, 9.17) is 4.74 Å². The number of nitrogens with zero attached hydrogens (tertiary/aromatic N) is 1. The minimum Gasteiger partial charge on any atom is -0.462 e. The van der Waals surface area contributed by atoms with Gasteiger partial charge in [0, 0.05) is 5.69 Å². The van der Waals surface area contributed by atoms with Crippen LogP contribution in [0, 0.1) is 13.8 Å². The van der Waals surface area contributed by atoms with Gasteiger partial charge in [-0.1, -0.05) is 17.7 Å². The van der Waals surface area contributed by atoms with Gasteiger partial charge in [0.1, 0.15) is 5.56 Å². The standard InChI is InChI=1S/C15H17N3O3/c1-4-21-14(20)11-8-16-15(18-13(11)19)17-12-6-5-9(2)7-10(12)3/h5-8H,4H2,1-3H3,(H2,16,17,18,19). The summed E-state index contributed by atoms with van der Waals surface area (Å²) in [5.41, 5.74) is 2.38. The van der Waals surface area contributed by atoms with Gasteiger partial charge in [0.15, 0.2) is 0 Å². The van der Waals surface area contributed by atoms with Crippen LogP contribution >= 0.6 is 0 Å². The highest BCUT2D eigenvalue weighted by molar-refractivity contribution is 5.88. The van der Waals surface area contributed by atoms with Crippen molar-refractivity contribution in [2.24, 2.45) is 0 Å². The van der Waals surface area contributed by atoms with Gasteiger partial charge >= 0.3 is 5.97 Å². The molecule has 1 heterocycles. The molecule has 0 atom stereocenters. The molecular formula is C15H17N3O3. The molecule has 1 aromatic carbocycles. The Hall–Kier alpha value is -2.63. The summed E-state index contributed by atoms with van der Waals surface area (Å²) in [6, 6.07) is 5.89. The van der Waals surface area contributed by atoms with E-state index in [2.05, 4.69) is 15.3 Å². The smallest absolute Gasteiger partial charge is 0.345 e. The maximum absolute atomic E-state index is 11.8. The van der Waals surface area contributed by atoms with Crippen LogP contribution in [0.4, 0.5) is 11.6 Å². The fourth-order valence-electron chi connectivity index (χ4n) is 1.89. The summed E-state index contributed by atoms with van der Waals surface area (Å²) in [6.45, 7) is 5.85. The molecule has 0 saturated carbocycles. The van der Waals surface area contributed by atoms with Crippen LogP contribution in [0.5, 0.6) is 0 Å². The van der Waals surface area contributed by atoms with Crippen LogP contribution in [-0.2, 0) is 4.74 Å². The molecule has 2 N–H and O–H groups in total. The number of aryl methyl sites for hydroxylation is 2. The number of ether oxygens (including phenoxy) is 1. The van der Waals surface area contributed by atoms with Gasteiger partial charge in [0.05, 0.1) is 12.8 Å². The summed E-state index contributed by atoms with van der Waals surface area (Å²) < 4.78 is 4.78. The van der Waals surface area contributed by atoms with Gasteiger partial charge in [-0.3, -0.25) is 9.78 Å². The Morgan fingerprint density at radius 1 is 1.38 bits per heavy atom. The first kappa shape index (κ1) is 14.8. The molecule has 0 aliphatic rings. The second-order valence-electron chi connectivity index (χ2n) is 4.64. The van der Waals surface area contributed by atoms with Crippen molar-refractivity contribution in [1.82, 2.24) is 9.97 Å². The topological polar surface area (TPSA) is 84.1 Å². The maximum atomic E-state index is 11.8. The summed E-state index contributed by atoms with van der Waals surface area (Å²) in [7, 11) is 0. The Bertz CT molecular complexity index is 722. The average molecular weight is 287 g/mol. The molecule has 21 heavy (non-hydrogen) atoms. The normalized spacial score (nSPS) is 10.2. The van der Waals surface area contributed by atoms with Crippen molar-refractivity contribution >= 4 is 17.6 Å². The lowest BCUT2D eigenvalue weighted by molar-refractivity contribution is 0.0524. The van der Waals surface area contributed by atoms with Gasteiger partial charge in [-0.2, -0.15) is 0 Å². The van der Waals surface area contributed by atoms with Gasteiger partial charge in [-0.15, -0.1) is 0 Å². The van der Waals surface area contributed by atoms with E-state index in [1.807, 2.05) is 32.0 Å². The van der Waals surface area contributed by atoms with E-state index in [1.54, 1.807) is 6.92 Å². The SMILES string of the molecule is CCOC(=O)c1cnc(Nc2ccc(C)cc2C)[nH]c1=O. The summed E-state index contributed by atoms with van der Waals surface area (Å²) in [6.07, 6.45) is 1.21. The molecule has 0 unspecified atom stereocenters. The lowest BCUT2D eigenvalue weighted by atomic mass is 10.1. The molecule has 110 valence electrons. The number of nitrogens with one attached hydrogen (secondary N) is 2. The monoisotopic (exact) mass is 287 g/mol. The first-order chi connectivity index (χ1) is 10.0. The maximum Gasteiger partial charge on any atom is 0.345 e. The number of anilines is 2. The molecule has 6 heteroatoms. The van der Waals surface area contributed by atoms with Gasteiger partial charge in [0.25, 0.3) is 5.56 Å². The van der Waals surface area contributed by atoms with Crippen LogP contribution in [0.3, 0.4) is 0 Å². The van der Waals surface area contributed by atoms with E-state index in [0.29, 0.717) is 0 Å². The predicted molar refractivity (Wildman–Crippen MR) is 80.0 cm³/mol. The summed E-state index contributed by atoms with van der Waals surface area (Å²) in [4.78, 5) is 29.9. The van der Waals surface area contributed by atoms with Crippen LogP contribution < -0.4 is 10.9 Å². The number of carbonyl (C=O) groups is 1. The first-order valence-electron chi connectivity index (χ1n) is 6.62. The third kappa shape index (κ3) is 3.47. The fourth-order valence-corrected chi connectivity index (χ4v) is 1.89. The Balaban J connectivity index is 2.24. The molecule has 0 radical (unpaired) electrons. The van der Waals surface area contributed by atoms with Crippen molar-refractivity contribution in [3.8, 4) is 0 Å². The fraction of sp³-hybridized carbons (Fsp3) is 0.267. The van der Waals surface area contributed by atoms with Gasteiger partial charge in [-0.05, 0) is 32.4 Å². The largest absolute Gasteiger partial charge is 0.462 e.